The average Bonchev–Trinajstić information content (AvgIpc) is 2.36. The lowest BCUT2D eigenvalue weighted by Crippen LogP contribution is -2.08. The highest BCUT2D eigenvalue weighted by Gasteiger charge is 2.13. The molecule has 0 saturated heterocycles. The molecule has 0 aliphatic heterocycles. The molecule has 2 rings (SSSR count). The number of rotatable bonds is 3. The summed E-state index contributed by atoms with van der Waals surface area (Å²) in [7, 11) is 0. The van der Waals surface area contributed by atoms with Gasteiger partial charge in [-0.25, -0.2) is 13.8 Å². The number of benzene rings is 1. The topological polar surface area (TPSA) is 42.9 Å². The van der Waals surface area contributed by atoms with Crippen LogP contribution in [-0.2, 0) is 6.42 Å². The van der Waals surface area contributed by atoms with Crippen molar-refractivity contribution in [1.82, 2.24) is 9.97 Å². The molecule has 0 amide bonds. The second-order valence-electron chi connectivity index (χ2n) is 3.40. The first-order chi connectivity index (χ1) is 8.18. The summed E-state index contributed by atoms with van der Waals surface area (Å²) >= 11 is 0. The zero-order valence-electron chi connectivity index (χ0n) is 8.73. The summed E-state index contributed by atoms with van der Waals surface area (Å²) < 4.78 is 26.2. The quantitative estimate of drug-likeness (QED) is 0.764. The minimum absolute atomic E-state index is 0.0145. The lowest BCUT2D eigenvalue weighted by molar-refractivity contribution is 0.0986. The molecule has 0 aliphatic rings. The number of hydrogen-bond donors (Lipinski definition) is 0. The summed E-state index contributed by atoms with van der Waals surface area (Å²) in [6.45, 7) is 0. The van der Waals surface area contributed by atoms with E-state index in [2.05, 4.69) is 9.97 Å². The van der Waals surface area contributed by atoms with Crippen molar-refractivity contribution in [3.05, 3.63) is 59.7 Å². The number of nitrogens with zero attached hydrogens (tertiary/aromatic N) is 2. The number of aromatic nitrogens is 2. The molecule has 86 valence electrons. The summed E-state index contributed by atoms with van der Waals surface area (Å²) in [6, 6.07) is 3.73. The van der Waals surface area contributed by atoms with Gasteiger partial charge in [0.05, 0.1) is 6.20 Å². The molecule has 1 aromatic heterocycles. The Kier molecular flexibility index (Phi) is 3.18. The fraction of sp³-hybridized carbons (Fsp3) is 0.0833. The zero-order chi connectivity index (χ0) is 12.3. The van der Waals surface area contributed by atoms with Crippen LogP contribution in [0.4, 0.5) is 8.78 Å². The highest BCUT2D eigenvalue weighted by Crippen LogP contribution is 2.13. The standard InChI is InChI=1S/C12H8F2N2O/c13-9-3-1-2-8(12(9)14)6-11(17)10-7-15-4-5-16-10/h1-5,7H,6H2. The van der Waals surface area contributed by atoms with Crippen LogP contribution in [0.15, 0.2) is 36.8 Å². The maximum atomic E-state index is 13.3. The first-order valence-electron chi connectivity index (χ1n) is 4.90. The third-order valence-corrected chi connectivity index (χ3v) is 2.23. The van der Waals surface area contributed by atoms with Crippen LogP contribution in [0.5, 0.6) is 0 Å². The molecule has 0 aliphatic carbocycles. The van der Waals surface area contributed by atoms with Crippen LogP contribution in [0.3, 0.4) is 0 Å². The van der Waals surface area contributed by atoms with Crippen molar-refractivity contribution in [3.8, 4) is 0 Å². The van der Waals surface area contributed by atoms with E-state index in [1.807, 2.05) is 0 Å². The highest BCUT2D eigenvalue weighted by molar-refractivity contribution is 5.95. The van der Waals surface area contributed by atoms with Crippen LogP contribution in [0.1, 0.15) is 16.1 Å². The predicted molar refractivity (Wildman–Crippen MR) is 56.4 cm³/mol. The van der Waals surface area contributed by atoms with Gasteiger partial charge >= 0.3 is 0 Å². The lowest BCUT2D eigenvalue weighted by atomic mass is 10.1. The van der Waals surface area contributed by atoms with Gasteiger partial charge in [0.25, 0.3) is 0 Å². The van der Waals surface area contributed by atoms with Gasteiger partial charge in [-0.1, -0.05) is 12.1 Å². The van der Waals surface area contributed by atoms with Gasteiger partial charge in [-0.15, -0.1) is 0 Å². The second-order valence-corrected chi connectivity index (χ2v) is 3.40. The molecule has 1 heterocycles. The summed E-state index contributed by atoms with van der Waals surface area (Å²) in [4.78, 5) is 19.2. The Bertz CT molecular complexity index is 543. The number of carbonyl (C=O) groups is 1. The number of ketones is 1. The Morgan fingerprint density at radius 2 is 2.06 bits per heavy atom. The Morgan fingerprint density at radius 1 is 1.24 bits per heavy atom. The molecule has 17 heavy (non-hydrogen) atoms. The maximum absolute atomic E-state index is 13.3. The van der Waals surface area contributed by atoms with Gasteiger partial charge in [-0.05, 0) is 11.6 Å². The number of Topliss-reactive ketones (excluding diaryl/α,β-unsaturated/α-hetero) is 1. The first kappa shape index (κ1) is 11.3. The van der Waals surface area contributed by atoms with Gasteiger partial charge in [0.2, 0.25) is 0 Å². The molecule has 2 aromatic rings. The monoisotopic (exact) mass is 234 g/mol. The van der Waals surface area contributed by atoms with E-state index in [-0.39, 0.29) is 17.7 Å². The van der Waals surface area contributed by atoms with Gasteiger partial charge in [-0.3, -0.25) is 9.78 Å². The van der Waals surface area contributed by atoms with E-state index in [4.69, 9.17) is 0 Å². The van der Waals surface area contributed by atoms with E-state index in [0.717, 1.165) is 6.07 Å². The second kappa shape index (κ2) is 4.78. The summed E-state index contributed by atoms with van der Waals surface area (Å²) in [5.74, 6) is -2.36. The Hall–Kier alpha value is -2.17. The molecule has 1 aromatic carbocycles. The fourth-order valence-corrected chi connectivity index (χ4v) is 1.39. The Balaban J connectivity index is 2.22. The van der Waals surface area contributed by atoms with Crippen LogP contribution in [0, 0.1) is 11.6 Å². The molecule has 0 atom stereocenters. The van der Waals surface area contributed by atoms with Crippen molar-refractivity contribution in [2.75, 3.05) is 0 Å². The molecule has 0 bridgehead atoms. The van der Waals surface area contributed by atoms with Gasteiger partial charge < -0.3 is 0 Å². The van der Waals surface area contributed by atoms with E-state index in [9.17, 15) is 13.6 Å². The molecule has 0 N–H and O–H groups in total. The molecule has 0 spiro atoms. The largest absolute Gasteiger partial charge is 0.292 e. The molecule has 5 heteroatoms. The summed E-state index contributed by atoms with van der Waals surface area (Å²) in [5.41, 5.74) is 0.150. The average molecular weight is 234 g/mol. The van der Waals surface area contributed by atoms with Crippen LogP contribution in [0.2, 0.25) is 0 Å². The molecule has 0 fully saturated rings. The predicted octanol–water partition coefficient (Wildman–Crippen LogP) is 2.18. The van der Waals surface area contributed by atoms with Crippen LogP contribution in [0.25, 0.3) is 0 Å². The van der Waals surface area contributed by atoms with Crippen molar-refractivity contribution in [1.29, 1.82) is 0 Å². The fourth-order valence-electron chi connectivity index (χ4n) is 1.39. The first-order valence-corrected chi connectivity index (χ1v) is 4.90. The van der Waals surface area contributed by atoms with Gasteiger partial charge in [-0.2, -0.15) is 0 Å². The van der Waals surface area contributed by atoms with E-state index < -0.39 is 17.4 Å². The van der Waals surface area contributed by atoms with Crippen molar-refractivity contribution in [3.63, 3.8) is 0 Å². The minimum atomic E-state index is -0.996. The van der Waals surface area contributed by atoms with Gasteiger partial charge in [0, 0.05) is 18.8 Å². The smallest absolute Gasteiger partial charge is 0.187 e. The molecule has 3 nitrogen and oxygen atoms in total. The molecule has 0 unspecified atom stereocenters. The van der Waals surface area contributed by atoms with Crippen molar-refractivity contribution in [2.24, 2.45) is 0 Å². The lowest BCUT2D eigenvalue weighted by Gasteiger charge is -2.02. The molecule has 0 radical (unpaired) electrons. The minimum Gasteiger partial charge on any atom is -0.292 e. The van der Waals surface area contributed by atoms with Crippen molar-refractivity contribution in [2.45, 2.75) is 6.42 Å². The normalized spacial score (nSPS) is 10.2. The van der Waals surface area contributed by atoms with Crippen LogP contribution < -0.4 is 0 Å². The van der Waals surface area contributed by atoms with E-state index >= 15 is 0 Å². The third kappa shape index (κ3) is 2.50. The Morgan fingerprint density at radius 3 is 2.76 bits per heavy atom. The maximum Gasteiger partial charge on any atom is 0.187 e. The van der Waals surface area contributed by atoms with Gasteiger partial charge in [0.15, 0.2) is 17.4 Å². The van der Waals surface area contributed by atoms with E-state index in [1.165, 1.54) is 30.7 Å². The van der Waals surface area contributed by atoms with Gasteiger partial charge in [0.1, 0.15) is 5.69 Å². The summed E-state index contributed by atoms with van der Waals surface area (Å²) in [6.07, 6.45) is 3.86. The SMILES string of the molecule is O=C(Cc1cccc(F)c1F)c1cnccn1. The zero-order valence-corrected chi connectivity index (χ0v) is 8.73. The van der Waals surface area contributed by atoms with E-state index in [0.29, 0.717) is 0 Å². The van der Waals surface area contributed by atoms with E-state index in [1.54, 1.807) is 0 Å². The summed E-state index contributed by atoms with van der Waals surface area (Å²) in [5, 5.41) is 0. The molecular weight excluding hydrogens is 226 g/mol. The molecule has 0 saturated carbocycles. The molecular formula is C12H8F2N2O. The van der Waals surface area contributed by atoms with Crippen molar-refractivity contribution >= 4 is 5.78 Å². The van der Waals surface area contributed by atoms with Crippen molar-refractivity contribution < 1.29 is 13.6 Å². The van der Waals surface area contributed by atoms with Crippen LogP contribution >= 0.6 is 0 Å². The third-order valence-electron chi connectivity index (χ3n) is 2.23. The van der Waals surface area contributed by atoms with Crippen LogP contribution in [-0.4, -0.2) is 15.8 Å². The Labute approximate surface area is 96.2 Å². The number of carbonyl (C=O) groups excluding carboxylic acids is 1. The number of hydrogen-bond acceptors (Lipinski definition) is 3. The number of halogens is 2. The highest BCUT2D eigenvalue weighted by atomic mass is 19.2.